The van der Waals surface area contributed by atoms with Crippen molar-refractivity contribution in [2.24, 2.45) is 4.99 Å². The van der Waals surface area contributed by atoms with E-state index < -0.39 is 5.60 Å². The second kappa shape index (κ2) is 11.0. The number of hydrogen-bond acceptors (Lipinski definition) is 3. The van der Waals surface area contributed by atoms with Crippen molar-refractivity contribution in [3.05, 3.63) is 0 Å². The number of halogens is 1. The highest BCUT2D eigenvalue weighted by atomic mass is 127. The highest BCUT2D eigenvalue weighted by molar-refractivity contribution is 14.0. The number of nitrogens with zero attached hydrogens (tertiary/aromatic N) is 2. The summed E-state index contributed by atoms with van der Waals surface area (Å²) in [5.74, 6) is 0.786. The number of aliphatic imine (C=N–C) groups is 1. The Morgan fingerprint density at radius 2 is 2.04 bits per heavy atom. The molecule has 2 unspecified atom stereocenters. The molecule has 1 aliphatic rings. The van der Waals surface area contributed by atoms with Gasteiger partial charge >= 0.3 is 6.09 Å². The lowest BCUT2D eigenvalue weighted by Gasteiger charge is -2.37. The number of carbonyl (C=O) groups is 1. The SMILES string of the molecule is CCC(C)NC(=NC)NCC1CCCCN1C(=O)OC(C)(C)C.I. The predicted molar refractivity (Wildman–Crippen MR) is 110 cm³/mol. The van der Waals surface area contributed by atoms with Crippen molar-refractivity contribution in [3.63, 3.8) is 0 Å². The molecule has 6 nitrogen and oxygen atoms in total. The van der Waals surface area contributed by atoms with Crippen LogP contribution in [0.25, 0.3) is 0 Å². The van der Waals surface area contributed by atoms with E-state index in [0.717, 1.165) is 38.2 Å². The van der Waals surface area contributed by atoms with Crippen molar-refractivity contribution in [3.8, 4) is 0 Å². The molecular weight excluding hydrogens is 419 g/mol. The van der Waals surface area contributed by atoms with E-state index in [0.29, 0.717) is 12.6 Å². The van der Waals surface area contributed by atoms with Crippen LogP contribution in [-0.2, 0) is 4.74 Å². The molecule has 0 aliphatic carbocycles. The number of rotatable bonds is 4. The van der Waals surface area contributed by atoms with Crippen LogP contribution in [-0.4, -0.2) is 54.8 Å². The summed E-state index contributed by atoms with van der Waals surface area (Å²) in [5, 5.41) is 6.68. The molecule has 1 rings (SSSR count). The molecule has 2 atom stereocenters. The van der Waals surface area contributed by atoms with E-state index in [1.54, 1.807) is 7.05 Å². The Morgan fingerprint density at radius 3 is 2.58 bits per heavy atom. The fourth-order valence-electron chi connectivity index (χ4n) is 2.52. The minimum absolute atomic E-state index is 0. The molecule has 1 fully saturated rings. The van der Waals surface area contributed by atoms with Crippen LogP contribution in [0.2, 0.25) is 0 Å². The van der Waals surface area contributed by atoms with Crippen LogP contribution < -0.4 is 10.6 Å². The molecule has 1 heterocycles. The normalized spacial score (nSPS) is 20.0. The molecule has 142 valence electrons. The Kier molecular flexibility index (Phi) is 10.7. The third kappa shape index (κ3) is 8.39. The van der Waals surface area contributed by atoms with Crippen molar-refractivity contribution < 1.29 is 9.53 Å². The molecule has 24 heavy (non-hydrogen) atoms. The summed E-state index contributed by atoms with van der Waals surface area (Å²) in [6.45, 7) is 11.4. The predicted octanol–water partition coefficient (Wildman–Crippen LogP) is 3.36. The number of carbonyl (C=O) groups excluding carboxylic acids is 1. The van der Waals surface area contributed by atoms with Crippen molar-refractivity contribution >= 4 is 36.0 Å². The maximum Gasteiger partial charge on any atom is 0.410 e. The molecular formula is C17H35IN4O2. The van der Waals surface area contributed by atoms with E-state index in [2.05, 4.69) is 29.5 Å². The van der Waals surface area contributed by atoms with E-state index in [4.69, 9.17) is 4.74 Å². The van der Waals surface area contributed by atoms with Gasteiger partial charge in [0.2, 0.25) is 0 Å². The smallest absolute Gasteiger partial charge is 0.410 e. The van der Waals surface area contributed by atoms with Crippen LogP contribution >= 0.6 is 24.0 Å². The molecule has 0 radical (unpaired) electrons. The molecule has 0 spiro atoms. The Morgan fingerprint density at radius 1 is 1.38 bits per heavy atom. The van der Waals surface area contributed by atoms with Gasteiger partial charge in [0.1, 0.15) is 5.60 Å². The van der Waals surface area contributed by atoms with Crippen LogP contribution in [0.1, 0.15) is 60.3 Å². The first-order chi connectivity index (χ1) is 10.8. The Labute approximate surface area is 164 Å². The maximum atomic E-state index is 12.4. The molecule has 0 saturated carbocycles. The molecule has 0 aromatic heterocycles. The number of piperidine rings is 1. The monoisotopic (exact) mass is 454 g/mol. The lowest BCUT2D eigenvalue weighted by molar-refractivity contribution is 0.0104. The van der Waals surface area contributed by atoms with Crippen LogP contribution in [0.15, 0.2) is 4.99 Å². The number of nitrogens with one attached hydrogen (secondary N) is 2. The lowest BCUT2D eigenvalue weighted by Crippen LogP contribution is -2.52. The van der Waals surface area contributed by atoms with Crippen molar-refractivity contribution in [1.29, 1.82) is 0 Å². The van der Waals surface area contributed by atoms with Gasteiger partial charge in [-0.25, -0.2) is 4.79 Å². The van der Waals surface area contributed by atoms with E-state index in [-0.39, 0.29) is 36.1 Å². The minimum Gasteiger partial charge on any atom is -0.444 e. The molecule has 7 heteroatoms. The topological polar surface area (TPSA) is 66.0 Å². The largest absolute Gasteiger partial charge is 0.444 e. The van der Waals surface area contributed by atoms with Crippen molar-refractivity contribution in [1.82, 2.24) is 15.5 Å². The van der Waals surface area contributed by atoms with Crippen molar-refractivity contribution in [2.75, 3.05) is 20.1 Å². The third-order valence-electron chi connectivity index (χ3n) is 3.98. The first kappa shape index (κ1) is 23.3. The zero-order chi connectivity index (χ0) is 17.5. The standard InChI is InChI=1S/C17H34N4O2.HI/c1-7-13(2)20-15(18-6)19-12-14-10-8-9-11-21(14)16(22)23-17(3,4)5;/h13-14H,7-12H2,1-6H3,(H2,18,19,20);1H. The van der Waals surface area contributed by atoms with Crippen LogP contribution in [0.4, 0.5) is 4.79 Å². The number of hydrogen-bond donors (Lipinski definition) is 2. The summed E-state index contributed by atoms with van der Waals surface area (Å²) >= 11 is 0. The quantitative estimate of drug-likeness (QED) is 0.389. The fourth-order valence-corrected chi connectivity index (χ4v) is 2.52. The highest BCUT2D eigenvalue weighted by Gasteiger charge is 2.30. The number of ether oxygens (including phenoxy) is 1. The molecule has 0 bridgehead atoms. The van der Waals surface area contributed by atoms with Crippen LogP contribution in [0.5, 0.6) is 0 Å². The van der Waals surface area contributed by atoms with Gasteiger partial charge in [0, 0.05) is 26.2 Å². The zero-order valence-corrected chi connectivity index (χ0v) is 18.3. The van der Waals surface area contributed by atoms with E-state index in [1.165, 1.54) is 0 Å². The van der Waals surface area contributed by atoms with Gasteiger partial charge in [-0.05, 0) is 53.4 Å². The molecule has 0 aromatic carbocycles. The van der Waals surface area contributed by atoms with Gasteiger partial charge in [-0.15, -0.1) is 24.0 Å². The first-order valence-electron chi connectivity index (χ1n) is 8.73. The van der Waals surface area contributed by atoms with Crippen LogP contribution in [0, 0.1) is 0 Å². The zero-order valence-electron chi connectivity index (χ0n) is 16.0. The van der Waals surface area contributed by atoms with Crippen LogP contribution in [0.3, 0.4) is 0 Å². The van der Waals surface area contributed by atoms with E-state index in [9.17, 15) is 4.79 Å². The lowest BCUT2D eigenvalue weighted by atomic mass is 10.0. The Bertz CT molecular complexity index is 410. The highest BCUT2D eigenvalue weighted by Crippen LogP contribution is 2.20. The number of guanidine groups is 1. The summed E-state index contributed by atoms with van der Waals surface area (Å²) in [6.07, 6.45) is 3.99. The van der Waals surface area contributed by atoms with Gasteiger partial charge < -0.3 is 20.3 Å². The second-order valence-electron chi connectivity index (χ2n) is 7.23. The molecule has 1 aliphatic heterocycles. The molecule has 1 saturated heterocycles. The summed E-state index contributed by atoms with van der Waals surface area (Å²) < 4.78 is 5.54. The number of amides is 1. The molecule has 2 N–H and O–H groups in total. The summed E-state index contributed by atoms with van der Waals surface area (Å²) in [6, 6.07) is 0.517. The average Bonchev–Trinajstić information content (AvgIpc) is 2.49. The third-order valence-corrected chi connectivity index (χ3v) is 3.98. The van der Waals surface area contributed by atoms with E-state index in [1.807, 2.05) is 25.7 Å². The Balaban J connectivity index is 0.00000529. The van der Waals surface area contributed by atoms with Gasteiger partial charge in [-0.3, -0.25) is 4.99 Å². The number of likely N-dealkylation sites (tertiary alicyclic amines) is 1. The summed E-state index contributed by atoms with van der Waals surface area (Å²) in [7, 11) is 1.77. The Hall–Kier alpha value is -0.730. The average molecular weight is 454 g/mol. The fraction of sp³-hybridized carbons (Fsp3) is 0.882. The summed E-state index contributed by atoms with van der Waals surface area (Å²) in [4.78, 5) is 18.5. The molecule has 0 aromatic rings. The first-order valence-corrected chi connectivity index (χ1v) is 8.73. The van der Waals surface area contributed by atoms with E-state index >= 15 is 0 Å². The van der Waals surface area contributed by atoms with Gasteiger partial charge in [-0.1, -0.05) is 6.92 Å². The second-order valence-corrected chi connectivity index (χ2v) is 7.23. The molecule has 1 amide bonds. The maximum absolute atomic E-state index is 12.4. The van der Waals surface area contributed by atoms with Gasteiger partial charge in [-0.2, -0.15) is 0 Å². The summed E-state index contributed by atoms with van der Waals surface area (Å²) in [5.41, 5.74) is -0.458. The van der Waals surface area contributed by atoms with Gasteiger partial charge in [0.25, 0.3) is 0 Å². The van der Waals surface area contributed by atoms with Crippen molar-refractivity contribution in [2.45, 2.75) is 78.0 Å². The van der Waals surface area contributed by atoms with Gasteiger partial charge in [0.15, 0.2) is 5.96 Å². The van der Waals surface area contributed by atoms with Gasteiger partial charge in [0.05, 0.1) is 6.04 Å². The minimum atomic E-state index is -0.458.